The van der Waals surface area contributed by atoms with Crippen LogP contribution < -0.4 is 10.9 Å². The van der Waals surface area contributed by atoms with Gasteiger partial charge in [-0.2, -0.15) is 0 Å². The predicted octanol–water partition coefficient (Wildman–Crippen LogP) is 3.05. The molecule has 0 aliphatic heterocycles. The molecule has 0 radical (unpaired) electrons. The Labute approximate surface area is 164 Å². The Kier molecular flexibility index (Phi) is 6.05. The molecular weight excluding hydrogens is 383 g/mol. The Morgan fingerprint density at radius 2 is 1.86 bits per heavy atom. The van der Waals surface area contributed by atoms with Gasteiger partial charge in [-0.25, -0.2) is 4.39 Å². The van der Waals surface area contributed by atoms with Crippen molar-refractivity contribution in [2.24, 2.45) is 0 Å². The fourth-order valence-corrected chi connectivity index (χ4v) is 2.82. The number of aryl methyl sites for hydroxylation is 2. The number of carbonyl (C=O) groups is 2. The van der Waals surface area contributed by atoms with Gasteiger partial charge in [0, 0.05) is 5.56 Å². The summed E-state index contributed by atoms with van der Waals surface area (Å²) in [6.45, 7) is 4.00. The molecule has 0 aliphatic carbocycles. The number of halogens is 1. The summed E-state index contributed by atoms with van der Waals surface area (Å²) in [5, 5.41) is 8.10. The number of carbonyl (C=O) groups excluding carboxylic acids is 2. The molecule has 0 fully saturated rings. The molecule has 2 aromatic carbocycles. The molecule has 0 aliphatic rings. The van der Waals surface area contributed by atoms with Crippen LogP contribution in [0.1, 0.15) is 21.5 Å². The zero-order valence-electron chi connectivity index (χ0n) is 15.2. The number of amides is 2. The van der Waals surface area contributed by atoms with Crippen LogP contribution in [0, 0.1) is 19.7 Å². The standard InChI is InChI=1S/C19H17FN4O3S/c1-11-7-8-13(9-12(11)2)18-23-24-19(27-18)28-10-16(25)21-22-17(26)14-5-3-4-6-15(14)20/h3-9H,10H2,1-2H3,(H,21,25)(H,22,26). The molecule has 28 heavy (non-hydrogen) atoms. The number of hydrogen-bond acceptors (Lipinski definition) is 6. The molecule has 144 valence electrons. The van der Waals surface area contributed by atoms with E-state index in [-0.39, 0.29) is 16.5 Å². The van der Waals surface area contributed by atoms with Crippen molar-refractivity contribution in [2.45, 2.75) is 19.1 Å². The van der Waals surface area contributed by atoms with Gasteiger partial charge in [-0.05, 0) is 49.2 Å². The summed E-state index contributed by atoms with van der Waals surface area (Å²) in [7, 11) is 0. The molecule has 3 rings (SSSR count). The summed E-state index contributed by atoms with van der Waals surface area (Å²) in [6, 6.07) is 11.3. The van der Waals surface area contributed by atoms with Crippen molar-refractivity contribution in [3.63, 3.8) is 0 Å². The number of aromatic nitrogens is 2. The van der Waals surface area contributed by atoms with Crippen LogP contribution in [0.15, 0.2) is 52.1 Å². The van der Waals surface area contributed by atoms with Gasteiger partial charge < -0.3 is 4.42 Å². The van der Waals surface area contributed by atoms with Crippen LogP contribution in [0.3, 0.4) is 0 Å². The van der Waals surface area contributed by atoms with Crippen molar-refractivity contribution in [2.75, 3.05) is 5.75 Å². The molecule has 9 heteroatoms. The van der Waals surface area contributed by atoms with Crippen LogP contribution in [0.5, 0.6) is 0 Å². The minimum absolute atomic E-state index is 0.0634. The lowest BCUT2D eigenvalue weighted by Gasteiger charge is -2.07. The topological polar surface area (TPSA) is 97.1 Å². The lowest BCUT2D eigenvalue weighted by Crippen LogP contribution is -2.42. The monoisotopic (exact) mass is 400 g/mol. The van der Waals surface area contributed by atoms with Crippen molar-refractivity contribution < 1.29 is 18.4 Å². The maximum atomic E-state index is 13.5. The van der Waals surface area contributed by atoms with Crippen LogP contribution in [-0.4, -0.2) is 27.8 Å². The smallest absolute Gasteiger partial charge is 0.277 e. The van der Waals surface area contributed by atoms with Gasteiger partial charge in [0.15, 0.2) is 0 Å². The second-order valence-corrected chi connectivity index (χ2v) is 6.87. The van der Waals surface area contributed by atoms with Crippen molar-refractivity contribution >= 4 is 23.6 Å². The lowest BCUT2D eigenvalue weighted by molar-refractivity contribution is -0.119. The van der Waals surface area contributed by atoms with Crippen LogP contribution in [0.2, 0.25) is 0 Å². The average Bonchev–Trinajstić information content (AvgIpc) is 3.16. The summed E-state index contributed by atoms with van der Waals surface area (Å²) in [4.78, 5) is 23.7. The number of thioether (sulfide) groups is 1. The van der Waals surface area contributed by atoms with E-state index in [1.807, 2.05) is 32.0 Å². The van der Waals surface area contributed by atoms with E-state index in [1.165, 1.54) is 18.2 Å². The van der Waals surface area contributed by atoms with Crippen LogP contribution in [-0.2, 0) is 4.79 Å². The van der Waals surface area contributed by atoms with Crippen molar-refractivity contribution in [3.8, 4) is 11.5 Å². The molecule has 0 unspecified atom stereocenters. The molecule has 0 bridgehead atoms. The second kappa shape index (κ2) is 8.66. The van der Waals surface area contributed by atoms with Crippen LogP contribution >= 0.6 is 11.8 Å². The highest BCUT2D eigenvalue weighted by Gasteiger charge is 2.14. The molecule has 0 atom stereocenters. The lowest BCUT2D eigenvalue weighted by atomic mass is 10.1. The Morgan fingerprint density at radius 1 is 1.07 bits per heavy atom. The van der Waals surface area contributed by atoms with E-state index in [0.29, 0.717) is 5.89 Å². The van der Waals surface area contributed by atoms with Gasteiger partial charge in [0.1, 0.15) is 5.82 Å². The Bertz CT molecular complexity index is 1020. The predicted molar refractivity (Wildman–Crippen MR) is 102 cm³/mol. The first-order chi connectivity index (χ1) is 13.4. The van der Waals surface area contributed by atoms with E-state index < -0.39 is 17.6 Å². The number of nitrogens with zero attached hydrogens (tertiary/aromatic N) is 2. The average molecular weight is 400 g/mol. The van der Waals surface area contributed by atoms with Gasteiger partial charge in [-0.1, -0.05) is 30.0 Å². The minimum Gasteiger partial charge on any atom is -0.411 e. The van der Waals surface area contributed by atoms with Gasteiger partial charge in [0.25, 0.3) is 11.1 Å². The summed E-state index contributed by atoms with van der Waals surface area (Å²) < 4.78 is 19.1. The molecule has 0 spiro atoms. The SMILES string of the molecule is Cc1ccc(-c2nnc(SCC(=O)NNC(=O)c3ccccc3F)o2)cc1C. The summed E-state index contributed by atoms with van der Waals surface area (Å²) in [5.41, 5.74) is 7.27. The number of benzene rings is 2. The Balaban J connectivity index is 1.51. The minimum atomic E-state index is -0.744. The van der Waals surface area contributed by atoms with E-state index in [4.69, 9.17) is 4.42 Å². The molecule has 2 N–H and O–H groups in total. The summed E-state index contributed by atoms with van der Waals surface area (Å²) in [5.74, 6) is -1.62. The maximum absolute atomic E-state index is 13.5. The zero-order valence-corrected chi connectivity index (χ0v) is 16.0. The molecule has 0 saturated heterocycles. The van der Waals surface area contributed by atoms with E-state index in [9.17, 15) is 14.0 Å². The van der Waals surface area contributed by atoms with E-state index in [0.717, 1.165) is 34.5 Å². The highest BCUT2D eigenvalue weighted by Crippen LogP contribution is 2.24. The third-order valence-electron chi connectivity index (χ3n) is 3.92. The highest BCUT2D eigenvalue weighted by molar-refractivity contribution is 7.99. The highest BCUT2D eigenvalue weighted by atomic mass is 32.2. The van der Waals surface area contributed by atoms with Crippen molar-refractivity contribution in [1.82, 2.24) is 21.0 Å². The molecule has 2 amide bonds. The molecular formula is C19H17FN4O3S. The first-order valence-corrected chi connectivity index (χ1v) is 9.30. The molecule has 7 nitrogen and oxygen atoms in total. The van der Waals surface area contributed by atoms with Crippen LogP contribution in [0.4, 0.5) is 4.39 Å². The largest absolute Gasteiger partial charge is 0.411 e. The van der Waals surface area contributed by atoms with Crippen molar-refractivity contribution in [3.05, 3.63) is 65.0 Å². The van der Waals surface area contributed by atoms with E-state index >= 15 is 0 Å². The quantitative estimate of drug-likeness (QED) is 0.505. The Morgan fingerprint density at radius 3 is 2.61 bits per heavy atom. The molecule has 3 aromatic rings. The molecule has 0 saturated carbocycles. The van der Waals surface area contributed by atoms with E-state index in [1.54, 1.807) is 0 Å². The number of rotatable bonds is 5. The fraction of sp³-hybridized carbons (Fsp3) is 0.158. The van der Waals surface area contributed by atoms with E-state index in [2.05, 4.69) is 21.0 Å². The summed E-state index contributed by atoms with van der Waals surface area (Å²) in [6.07, 6.45) is 0. The third kappa shape index (κ3) is 4.74. The first kappa shape index (κ1) is 19.6. The van der Waals surface area contributed by atoms with Gasteiger partial charge in [-0.15, -0.1) is 10.2 Å². The number of hydrazine groups is 1. The molecule has 1 heterocycles. The third-order valence-corrected chi connectivity index (χ3v) is 4.74. The molecule has 1 aromatic heterocycles. The maximum Gasteiger partial charge on any atom is 0.277 e. The number of nitrogens with one attached hydrogen (secondary N) is 2. The second-order valence-electron chi connectivity index (χ2n) is 5.94. The van der Waals surface area contributed by atoms with Crippen LogP contribution in [0.25, 0.3) is 11.5 Å². The van der Waals surface area contributed by atoms with Gasteiger partial charge in [0.2, 0.25) is 11.8 Å². The first-order valence-electron chi connectivity index (χ1n) is 8.31. The van der Waals surface area contributed by atoms with Gasteiger partial charge in [0.05, 0.1) is 11.3 Å². The van der Waals surface area contributed by atoms with Crippen molar-refractivity contribution in [1.29, 1.82) is 0 Å². The normalized spacial score (nSPS) is 10.5. The van der Waals surface area contributed by atoms with Gasteiger partial charge in [-0.3, -0.25) is 20.4 Å². The fourth-order valence-electron chi connectivity index (χ4n) is 2.26. The number of hydrogen-bond donors (Lipinski definition) is 2. The summed E-state index contributed by atoms with van der Waals surface area (Å²) >= 11 is 1.02. The van der Waals surface area contributed by atoms with Gasteiger partial charge >= 0.3 is 0 Å². The zero-order chi connectivity index (χ0) is 20.1. The Hall–Kier alpha value is -3.20.